The molecule has 0 saturated carbocycles. The summed E-state index contributed by atoms with van der Waals surface area (Å²) in [5.74, 6) is 0.414. The highest BCUT2D eigenvalue weighted by Crippen LogP contribution is 2.39. The third-order valence-corrected chi connectivity index (χ3v) is 4.76. The lowest BCUT2D eigenvalue weighted by Gasteiger charge is -2.29. The van der Waals surface area contributed by atoms with E-state index in [-0.39, 0.29) is 6.10 Å². The first kappa shape index (κ1) is 18.0. The molecule has 0 bridgehead atoms. The maximum Gasteiger partial charge on any atom is 0.215 e. The second kappa shape index (κ2) is 7.31. The van der Waals surface area contributed by atoms with Crippen LogP contribution in [0.5, 0.6) is 11.5 Å². The number of halogens is 1. The van der Waals surface area contributed by atoms with Crippen molar-refractivity contribution in [2.75, 3.05) is 6.61 Å². The molecule has 0 spiro atoms. The van der Waals surface area contributed by atoms with Gasteiger partial charge in [-0.15, -0.1) is 0 Å². The van der Waals surface area contributed by atoms with Crippen LogP contribution in [0, 0.1) is 6.92 Å². The van der Waals surface area contributed by atoms with Gasteiger partial charge in [-0.2, -0.15) is 5.10 Å². The second-order valence-corrected chi connectivity index (χ2v) is 7.00. The zero-order chi connectivity index (χ0) is 18.9. The van der Waals surface area contributed by atoms with Crippen molar-refractivity contribution in [3.8, 4) is 11.5 Å². The molecule has 2 unspecified atom stereocenters. The van der Waals surface area contributed by atoms with Gasteiger partial charge in [0.25, 0.3) is 0 Å². The number of hydrogen-bond donors (Lipinski definition) is 0. The lowest BCUT2D eigenvalue weighted by molar-refractivity contribution is -0.187. The van der Waals surface area contributed by atoms with Gasteiger partial charge in [-0.1, -0.05) is 23.7 Å². The summed E-state index contributed by atoms with van der Waals surface area (Å²) in [4.78, 5) is 4.01. The van der Waals surface area contributed by atoms with Crippen LogP contribution in [0.15, 0.2) is 55.1 Å². The van der Waals surface area contributed by atoms with Gasteiger partial charge in [0.2, 0.25) is 5.79 Å². The van der Waals surface area contributed by atoms with Crippen molar-refractivity contribution < 1.29 is 14.2 Å². The van der Waals surface area contributed by atoms with Crippen LogP contribution >= 0.6 is 11.6 Å². The molecule has 1 aliphatic heterocycles. The molecule has 1 aromatic heterocycles. The largest absolute Gasteiger partial charge is 0.456 e. The van der Waals surface area contributed by atoms with Crippen molar-refractivity contribution in [3.05, 3.63) is 71.3 Å². The van der Waals surface area contributed by atoms with Gasteiger partial charge in [0.15, 0.2) is 0 Å². The Morgan fingerprint density at radius 1 is 1.30 bits per heavy atom. The molecular formula is C20H20ClN3O3. The van der Waals surface area contributed by atoms with Gasteiger partial charge in [0, 0.05) is 5.56 Å². The van der Waals surface area contributed by atoms with Gasteiger partial charge in [0.1, 0.15) is 30.7 Å². The van der Waals surface area contributed by atoms with Gasteiger partial charge in [-0.05, 0) is 49.7 Å². The van der Waals surface area contributed by atoms with Crippen molar-refractivity contribution in [2.24, 2.45) is 0 Å². The van der Waals surface area contributed by atoms with E-state index in [1.807, 2.05) is 50.2 Å². The molecule has 0 amide bonds. The van der Waals surface area contributed by atoms with E-state index in [0.29, 0.717) is 29.7 Å². The standard InChI is InChI=1S/C20H20ClN3O3/c1-14-9-16(26-19-6-4-3-5-18(19)21)7-8-17(14)20(25-10-15(2)27-20)11-24-13-22-12-23-24/h3-9,12-13,15H,10-11H2,1-2H3. The molecular weight excluding hydrogens is 366 g/mol. The minimum atomic E-state index is -0.903. The Hall–Kier alpha value is -2.41. The summed E-state index contributed by atoms with van der Waals surface area (Å²) in [6.07, 6.45) is 3.15. The molecule has 27 heavy (non-hydrogen) atoms. The number of ether oxygens (including phenoxy) is 3. The number of hydrogen-bond acceptors (Lipinski definition) is 5. The zero-order valence-electron chi connectivity index (χ0n) is 15.1. The predicted molar refractivity (Wildman–Crippen MR) is 101 cm³/mol. The topological polar surface area (TPSA) is 58.4 Å². The van der Waals surface area contributed by atoms with Gasteiger partial charge >= 0.3 is 0 Å². The summed E-state index contributed by atoms with van der Waals surface area (Å²) >= 11 is 6.19. The Morgan fingerprint density at radius 2 is 2.15 bits per heavy atom. The van der Waals surface area contributed by atoms with Crippen LogP contribution in [-0.4, -0.2) is 27.5 Å². The maximum atomic E-state index is 6.19. The SMILES string of the molecule is Cc1cc(Oc2ccccc2Cl)ccc1C1(Cn2cncn2)OCC(C)O1. The lowest BCUT2D eigenvalue weighted by Crippen LogP contribution is -2.34. The highest BCUT2D eigenvalue weighted by atomic mass is 35.5. The molecule has 2 heterocycles. The molecule has 2 aromatic carbocycles. The minimum Gasteiger partial charge on any atom is -0.456 e. The molecule has 3 aromatic rings. The monoisotopic (exact) mass is 385 g/mol. The van der Waals surface area contributed by atoms with Gasteiger partial charge in [0.05, 0.1) is 17.7 Å². The normalized spacial score (nSPS) is 22.1. The quantitative estimate of drug-likeness (QED) is 0.654. The number of rotatable bonds is 5. The van der Waals surface area contributed by atoms with E-state index < -0.39 is 5.79 Å². The van der Waals surface area contributed by atoms with Crippen LogP contribution < -0.4 is 4.74 Å². The van der Waals surface area contributed by atoms with Gasteiger partial charge in [-0.3, -0.25) is 0 Å². The molecule has 6 nitrogen and oxygen atoms in total. The van der Waals surface area contributed by atoms with Crippen LogP contribution in [0.25, 0.3) is 0 Å². The molecule has 0 radical (unpaired) electrons. The van der Waals surface area contributed by atoms with Crippen LogP contribution in [0.3, 0.4) is 0 Å². The Labute approximate surface area is 162 Å². The van der Waals surface area contributed by atoms with Crippen LogP contribution in [0.1, 0.15) is 18.1 Å². The number of nitrogens with zero attached hydrogens (tertiary/aromatic N) is 3. The van der Waals surface area contributed by atoms with Crippen molar-refractivity contribution in [1.29, 1.82) is 0 Å². The van der Waals surface area contributed by atoms with Crippen molar-refractivity contribution >= 4 is 11.6 Å². The molecule has 1 saturated heterocycles. The van der Waals surface area contributed by atoms with Crippen molar-refractivity contribution in [1.82, 2.24) is 14.8 Å². The minimum absolute atomic E-state index is 0.00743. The summed E-state index contributed by atoms with van der Waals surface area (Å²) in [6, 6.07) is 13.2. The summed E-state index contributed by atoms with van der Waals surface area (Å²) in [6.45, 7) is 4.94. The first-order chi connectivity index (χ1) is 13.1. The molecule has 4 rings (SSSR count). The molecule has 0 N–H and O–H groups in total. The second-order valence-electron chi connectivity index (χ2n) is 6.59. The van der Waals surface area contributed by atoms with Crippen LogP contribution in [-0.2, 0) is 21.8 Å². The number of benzene rings is 2. The molecule has 2 atom stereocenters. The fraction of sp³-hybridized carbons (Fsp3) is 0.300. The average Bonchev–Trinajstić information content (AvgIpc) is 3.28. The lowest BCUT2D eigenvalue weighted by atomic mass is 9.99. The number of aryl methyl sites for hydroxylation is 1. The van der Waals surface area contributed by atoms with Crippen molar-refractivity contribution in [3.63, 3.8) is 0 Å². The number of aromatic nitrogens is 3. The smallest absolute Gasteiger partial charge is 0.215 e. The Morgan fingerprint density at radius 3 is 2.81 bits per heavy atom. The van der Waals surface area contributed by atoms with E-state index in [4.69, 9.17) is 25.8 Å². The summed E-state index contributed by atoms with van der Waals surface area (Å²) in [5, 5.41) is 4.76. The Kier molecular flexibility index (Phi) is 4.86. The molecule has 1 fully saturated rings. The third-order valence-electron chi connectivity index (χ3n) is 4.45. The van der Waals surface area contributed by atoms with E-state index in [0.717, 1.165) is 11.1 Å². The van der Waals surface area contributed by atoms with E-state index in [1.54, 1.807) is 17.1 Å². The van der Waals surface area contributed by atoms with Gasteiger partial charge < -0.3 is 14.2 Å². The first-order valence-electron chi connectivity index (χ1n) is 8.73. The fourth-order valence-corrected chi connectivity index (χ4v) is 3.44. The maximum absolute atomic E-state index is 6.19. The molecule has 1 aliphatic rings. The molecule has 140 valence electrons. The van der Waals surface area contributed by atoms with E-state index in [2.05, 4.69) is 10.1 Å². The highest BCUT2D eigenvalue weighted by molar-refractivity contribution is 6.32. The third kappa shape index (κ3) is 3.69. The van der Waals surface area contributed by atoms with Gasteiger partial charge in [-0.25, -0.2) is 9.67 Å². The molecule has 7 heteroatoms. The first-order valence-corrected chi connectivity index (χ1v) is 9.11. The predicted octanol–water partition coefficient (Wildman–Crippen LogP) is 4.32. The molecule has 0 aliphatic carbocycles. The highest BCUT2D eigenvalue weighted by Gasteiger charge is 2.43. The Balaban J connectivity index is 1.64. The van der Waals surface area contributed by atoms with E-state index in [9.17, 15) is 0 Å². The summed E-state index contributed by atoms with van der Waals surface area (Å²) in [7, 11) is 0. The fourth-order valence-electron chi connectivity index (χ4n) is 3.26. The van der Waals surface area contributed by atoms with E-state index in [1.165, 1.54) is 6.33 Å². The zero-order valence-corrected chi connectivity index (χ0v) is 15.9. The summed E-state index contributed by atoms with van der Waals surface area (Å²) < 4.78 is 19.9. The van der Waals surface area contributed by atoms with E-state index >= 15 is 0 Å². The Bertz CT molecular complexity index is 932. The number of para-hydroxylation sites is 1. The van der Waals surface area contributed by atoms with Crippen molar-refractivity contribution in [2.45, 2.75) is 32.3 Å². The summed E-state index contributed by atoms with van der Waals surface area (Å²) in [5.41, 5.74) is 1.93. The average molecular weight is 386 g/mol. The van der Waals surface area contributed by atoms with Crippen LogP contribution in [0.2, 0.25) is 5.02 Å². The van der Waals surface area contributed by atoms with Crippen LogP contribution in [0.4, 0.5) is 0 Å².